The number of hydrogen-bond acceptors (Lipinski definition) is 3. The topological polar surface area (TPSA) is 43.2 Å². The van der Waals surface area contributed by atoms with Crippen LogP contribution in [0.15, 0.2) is 6.20 Å². The first-order chi connectivity index (χ1) is 5.92. The van der Waals surface area contributed by atoms with Gasteiger partial charge in [-0.15, -0.1) is 5.10 Å². The molecule has 0 unspecified atom stereocenters. The zero-order valence-corrected chi connectivity index (χ0v) is 6.81. The second-order valence-electron chi connectivity index (χ2n) is 3.63. The highest BCUT2D eigenvalue weighted by Crippen LogP contribution is 2.31. The lowest BCUT2D eigenvalue weighted by Gasteiger charge is -1.93. The molecular formula is C8H11N3O. The molecule has 0 amide bonds. The molecule has 1 saturated carbocycles. The summed E-state index contributed by atoms with van der Waals surface area (Å²) in [4.78, 5) is 0. The Morgan fingerprint density at radius 1 is 1.58 bits per heavy atom. The predicted molar refractivity (Wildman–Crippen MR) is 41.4 cm³/mol. The average Bonchev–Trinajstić information content (AvgIpc) is 2.92. The zero-order chi connectivity index (χ0) is 7.97. The van der Waals surface area contributed by atoms with Crippen LogP contribution in [0, 0.1) is 5.92 Å². The first-order valence-electron chi connectivity index (χ1n) is 4.43. The lowest BCUT2D eigenvalue weighted by Crippen LogP contribution is -1.99. The van der Waals surface area contributed by atoms with Crippen molar-refractivity contribution < 1.29 is 4.74 Å². The molecule has 1 atom stereocenters. The Morgan fingerprint density at radius 3 is 3.08 bits per heavy atom. The summed E-state index contributed by atoms with van der Waals surface area (Å²) in [5.74, 6) is 0.861. The van der Waals surface area contributed by atoms with Crippen LogP contribution >= 0.6 is 0 Å². The molecule has 1 aliphatic carbocycles. The van der Waals surface area contributed by atoms with E-state index in [-0.39, 0.29) is 6.10 Å². The van der Waals surface area contributed by atoms with Crippen molar-refractivity contribution in [1.29, 1.82) is 0 Å². The van der Waals surface area contributed by atoms with Crippen molar-refractivity contribution in [3.63, 3.8) is 0 Å². The summed E-state index contributed by atoms with van der Waals surface area (Å²) in [6.07, 6.45) is 4.97. The third-order valence-electron chi connectivity index (χ3n) is 2.36. The molecule has 2 aliphatic rings. The molecule has 0 radical (unpaired) electrons. The van der Waals surface area contributed by atoms with E-state index in [1.807, 2.05) is 10.9 Å². The fraction of sp³-hybridized carbons (Fsp3) is 0.750. The number of epoxide rings is 1. The molecule has 0 N–H and O–H groups in total. The number of aromatic nitrogens is 3. The molecule has 1 aromatic rings. The van der Waals surface area contributed by atoms with Crippen LogP contribution in [0.5, 0.6) is 0 Å². The summed E-state index contributed by atoms with van der Waals surface area (Å²) in [6, 6.07) is 0. The molecule has 1 aromatic heterocycles. The van der Waals surface area contributed by atoms with Gasteiger partial charge in [-0.05, 0) is 18.8 Å². The van der Waals surface area contributed by atoms with E-state index >= 15 is 0 Å². The Morgan fingerprint density at radius 2 is 2.42 bits per heavy atom. The van der Waals surface area contributed by atoms with Gasteiger partial charge in [0.1, 0.15) is 11.8 Å². The van der Waals surface area contributed by atoms with E-state index < -0.39 is 0 Å². The standard InChI is InChI=1S/C8H11N3O/c1-2-6(1)3-11-4-7(9-10-11)8-5-12-8/h4,6,8H,1-3,5H2/t8-/m0/s1. The Balaban J connectivity index is 1.72. The van der Waals surface area contributed by atoms with Gasteiger partial charge in [-0.25, -0.2) is 0 Å². The van der Waals surface area contributed by atoms with Gasteiger partial charge in [0.2, 0.25) is 0 Å². The van der Waals surface area contributed by atoms with Crippen molar-refractivity contribution in [2.24, 2.45) is 5.92 Å². The van der Waals surface area contributed by atoms with Crippen LogP contribution in [0.1, 0.15) is 24.6 Å². The number of ether oxygens (including phenoxy) is 1. The molecule has 3 rings (SSSR count). The van der Waals surface area contributed by atoms with Crippen LogP contribution in [-0.4, -0.2) is 21.6 Å². The van der Waals surface area contributed by atoms with Crippen molar-refractivity contribution in [3.05, 3.63) is 11.9 Å². The molecule has 0 spiro atoms. The SMILES string of the molecule is c1c([C@@H]2CO2)nnn1CC1CC1. The summed E-state index contributed by atoms with van der Waals surface area (Å²) in [5, 5.41) is 8.09. The van der Waals surface area contributed by atoms with Crippen LogP contribution in [0.4, 0.5) is 0 Å². The van der Waals surface area contributed by atoms with E-state index in [0.717, 1.165) is 24.8 Å². The highest BCUT2D eigenvalue weighted by Gasteiger charge is 2.29. The van der Waals surface area contributed by atoms with Gasteiger partial charge in [-0.2, -0.15) is 0 Å². The van der Waals surface area contributed by atoms with E-state index in [1.54, 1.807) is 0 Å². The zero-order valence-electron chi connectivity index (χ0n) is 6.81. The molecule has 2 fully saturated rings. The van der Waals surface area contributed by atoms with E-state index in [9.17, 15) is 0 Å². The second kappa shape index (κ2) is 2.29. The molecule has 12 heavy (non-hydrogen) atoms. The van der Waals surface area contributed by atoms with Crippen LogP contribution in [0.25, 0.3) is 0 Å². The largest absolute Gasteiger partial charge is 0.366 e. The lowest BCUT2D eigenvalue weighted by molar-refractivity contribution is 0.411. The molecule has 64 valence electrons. The third-order valence-corrected chi connectivity index (χ3v) is 2.36. The maximum atomic E-state index is 5.11. The number of hydrogen-bond donors (Lipinski definition) is 0. The van der Waals surface area contributed by atoms with E-state index in [2.05, 4.69) is 10.3 Å². The van der Waals surface area contributed by atoms with Gasteiger partial charge in [0.25, 0.3) is 0 Å². The highest BCUT2D eigenvalue weighted by atomic mass is 16.6. The Bertz CT molecular complexity index is 288. The molecule has 0 bridgehead atoms. The van der Waals surface area contributed by atoms with Crippen LogP contribution in [0.3, 0.4) is 0 Å². The Hall–Kier alpha value is -0.900. The predicted octanol–water partition coefficient (Wildman–Crippen LogP) is 0.759. The monoisotopic (exact) mass is 165 g/mol. The molecule has 1 aliphatic heterocycles. The van der Waals surface area contributed by atoms with Gasteiger partial charge in [-0.3, -0.25) is 4.68 Å². The van der Waals surface area contributed by atoms with E-state index in [1.165, 1.54) is 12.8 Å². The fourth-order valence-corrected chi connectivity index (χ4v) is 1.33. The van der Waals surface area contributed by atoms with Gasteiger partial charge >= 0.3 is 0 Å². The highest BCUT2D eigenvalue weighted by molar-refractivity contribution is 5.03. The lowest BCUT2D eigenvalue weighted by atomic mass is 10.3. The first-order valence-corrected chi connectivity index (χ1v) is 4.43. The minimum absolute atomic E-state index is 0.248. The molecule has 2 heterocycles. The van der Waals surface area contributed by atoms with E-state index in [0.29, 0.717) is 0 Å². The van der Waals surface area contributed by atoms with Crippen molar-refractivity contribution in [1.82, 2.24) is 15.0 Å². The maximum Gasteiger partial charge on any atom is 0.126 e. The van der Waals surface area contributed by atoms with Crippen LogP contribution in [-0.2, 0) is 11.3 Å². The number of nitrogens with zero attached hydrogens (tertiary/aromatic N) is 3. The molecule has 1 saturated heterocycles. The van der Waals surface area contributed by atoms with Gasteiger partial charge in [-0.1, -0.05) is 5.21 Å². The van der Waals surface area contributed by atoms with Gasteiger partial charge < -0.3 is 4.74 Å². The van der Waals surface area contributed by atoms with Crippen molar-refractivity contribution in [2.75, 3.05) is 6.61 Å². The minimum Gasteiger partial charge on any atom is -0.366 e. The fourth-order valence-electron chi connectivity index (χ4n) is 1.33. The second-order valence-corrected chi connectivity index (χ2v) is 3.63. The van der Waals surface area contributed by atoms with Gasteiger partial charge in [0.15, 0.2) is 0 Å². The first kappa shape index (κ1) is 6.60. The summed E-state index contributed by atoms with van der Waals surface area (Å²) in [6.45, 7) is 1.86. The summed E-state index contributed by atoms with van der Waals surface area (Å²) in [7, 11) is 0. The van der Waals surface area contributed by atoms with Gasteiger partial charge in [0.05, 0.1) is 12.8 Å². The normalized spacial score (nSPS) is 27.5. The molecule has 4 heteroatoms. The molecular weight excluding hydrogens is 154 g/mol. The van der Waals surface area contributed by atoms with Crippen LogP contribution < -0.4 is 0 Å². The summed E-state index contributed by atoms with van der Waals surface area (Å²) < 4.78 is 7.05. The molecule has 0 aromatic carbocycles. The Labute approximate surface area is 70.5 Å². The minimum atomic E-state index is 0.248. The van der Waals surface area contributed by atoms with E-state index in [4.69, 9.17) is 4.74 Å². The van der Waals surface area contributed by atoms with Crippen molar-refractivity contribution in [2.45, 2.75) is 25.5 Å². The quantitative estimate of drug-likeness (QED) is 0.621. The van der Waals surface area contributed by atoms with Crippen molar-refractivity contribution >= 4 is 0 Å². The Kier molecular flexibility index (Phi) is 1.26. The average molecular weight is 165 g/mol. The van der Waals surface area contributed by atoms with Crippen molar-refractivity contribution in [3.8, 4) is 0 Å². The smallest absolute Gasteiger partial charge is 0.126 e. The van der Waals surface area contributed by atoms with Gasteiger partial charge in [0, 0.05) is 6.54 Å². The van der Waals surface area contributed by atoms with Crippen LogP contribution in [0.2, 0.25) is 0 Å². The maximum absolute atomic E-state index is 5.11. The number of rotatable bonds is 3. The summed E-state index contributed by atoms with van der Waals surface area (Å²) >= 11 is 0. The summed E-state index contributed by atoms with van der Waals surface area (Å²) in [5.41, 5.74) is 0.996. The third kappa shape index (κ3) is 1.22. The molecule has 4 nitrogen and oxygen atoms in total.